The van der Waals surface area contributed by atoms with Gasteiger partial charge in [0.1, 0.15) is 0 Å². The van der Waals surface area contributed by atoms with Crippen LogP contribution in [0.2, 0.25) is 0 Å². The van der Waals surface area contributed by atoms with Gasteiger partial charge in [-0.1, -0.05) is 32.0 Å². The summed E-state index contributed by atoms with van der Waals surface area (Å²) in [5.41, 5.74) is 6.62. The summed E-state index contributed by atoms with van der Waals surface area (Å²) >= 11 is 0. The lowest BCUT2D eigenvalue weighted by Gasteiger charge is -2.50. The third-order valence-electron chi connectivity index (χ3n) is 3.68. The Bertz CT molecular complexity index is 386. The molecule has 1 aromatic carbocycles. The van der Waals surface area contributed by atoms with Crippen LogP contribution in [0.15, 0.2) is 30.3 Å². The highest BCUT2D eigenvalue weighted by atomic mass is 16.1. The zero-order valence-corrected chi connectivity index (χ0v) is 9.73. The van der Waals surface area contributed by atoms with Gasteiger partial charge in [0.2, 0.25) is 0 Å². The predicted molar refractivity (Wildman–Crippen MR) is 64.1 cm³/mol. The molecular weight excluding hydrogens is 200 g/mol. The fourth-order valence-corrected chi connectivity index (χ4v) is 2.04. The van der Waals surface area contributed by atoms with Gasteiger partial charge < -0.3 is 11.1 Å². The predicted octanol–water partition coefficient (Wildman–Crippen LogP) is 1.54. The van der Waals surface area contributed by atoms with E-state index in [-0.39, 0.29) is 23.4 Å². The monoisotopic (exact) mass is 218 g/mol. The highest BCUT2D eigenvalue weighted by molar-refractivity contribution is 5.94. The van der Waals surface area contributed by atoms with Crippen LogP contribution in [0, 0.1) is 5.41 Å². The van der Waals surface area contributed by atoms with Gasteiger partial charge in [0.05, 0.1) is 0 Å². The maximum atomic E-state index is 11.9. The molecular formula is C13H18N2O. The summed E-state index contributed by atoms with van der Waals surface area (Å²) in [5, 5.41) is 3.03. The van der Waals surface area contributed by atoms with E-state index < -0.39 is 0 Å². The van der Waals surface area contributed by atoms with Crippen molar-refractivity contribution < 1.29 is 4.79 Å². The number of amides is 1. The summed E-state index contributed by atoms with van der Waals surface area (Å²) in [4.78, 5) is 11.9. The lowest BCUT2D eigenvalue weighted by Crippen LogP contribution is -2.64. The Morgan fingerprint density at radius 1 is 1.38 bits per heavy atom. The molecule has 3 heteroatoms. The summed E-state index contributed by atoms with van der Waals surface area (Å²) in [6, 6.07) is 9.66. The van der Waals surface area contributed by atoms with Crippen molar-refractivity contribution in [1.29, 1.82) is 0 Å². The first-order valence-electron chi connectivity index (χ1n) is 5.63. The lowest BCUT2D eigenvalue weighted by atomic mass is 9.63. The number of hydrogen-bond acceptors (Lipinski definition) is 2. The number of hydrogen-bond donors (Lipinski definition) is 2. The molecule has 0 heterocycles. The van der Waals surface area contributed by atoms with E-state index >= 15 is 0 Å². The topological polar surface area (TPSA) is 55.1 Å². The van der Waals surface area contributed by atoms with Gasteiger partial charge in [-0.15, -0.1) is 0 Å². The number of rotatable bonds is 2. The van der Waals surface area contributed by atoms with Crippen LogP contribution in [0.25, 0.3) is 0 Å². The molecule has 0 aromatic heterocycles. The van der Waals surface area contributed by atoms with Crippen LogP contribution in [0.4, 0.5) is 0 Å². The van der Waals surface area contributed by atoms with Crippen molar-refractivity contribution in [2.24, 2.45) is 11.1 Å². The van der Waals surface area contributed by atoms with Gasteiger partial charge in [-0.25, -0.2) is 0 Å². The number of benzene rings is 1. The number of carbonyl (C=O) groups is 1. The molecule has 3 nitrogen and oxygen atoms in total. The van der Waals surface area contributed by atoms with Crippen LogP contribution in [0.5, 0.6) is 0 Å². The first-order chi connectivity index (χ1) is 7.51. The molecule has 0 saturated heterocycles. The Hall–Kier alpha value is -1.35. The highest BCUT2D eigenvalue weighted by Gasteiger charge is 2.46. The molecule has 0 spiro atoms. The zero-order chi connectivity index (χ0) is 11.8. The van der Waals surface area contributed by atoms with Crippen LogP contribution in [0.1, 0.15) is 30.6 Å². The van der Waals surface area contributed by atoms with E-state index in [2.05, 4.69) is 19.2 Å². The minimum atomic E-state index is -0.00873. The van der Waals surface area contributed by atoms with E-state index in [0.717, 1.165) is 6.42 Å². The third-order valence-corrected chi connectivity index (χ3v) is 3.68. The fourth-order valence-electron chi connectivity index (χ4n) is 2.04. The van der Waals surface area contributed by atoms with E-state index in [4.69, 9.17) is 5.73 Å². The average Bonchev–Trinajstić information content (AvgIpc) is 2.29. The van der Waals surface area contributed by atoms with E-state index in [1.807, 2.05) is 30.3 Å². The Morgan fingerprint density at radius 2 is 2.00 bits per heavy atom. The maximum absolute atomic E-state index is 11.9. The summed E-state index contributed by atoms with van der Waals surface area (Å²) < 4.78 is 0. The molecule has 1 saturated carbocycles. The number of nitrogens with two attached hydrogens (primary N) is 1. The van der Waals surface area contributed by atoms with Crippen molar-refractivity contribution in [3.63, 3.8) is 0 Å². The largest absolute Gasteiger partial charge is 0.349 e. The minimum absolute atomic E-state index is 0.00441. The molecule has 0 bridgehead atoms. The molecule has 1 aliphatic carbocycles. The molecule has 1 aliphatic rings. The van der Waals surface area contributed by atoms with Crippen LogP contribution < -0.4 is 11.1 Å². The van der Waals surface area contributed by atoms with Crippen LogP contribution in [-0.2, 0) is 0 Å². The summed E-state index contributed by atoms with van der Waals surface area (Å²) in [7, 11) is 0. The Balaban J connectivity index is 2.00. The van der Waals surface area contributed by atoms with E-state index in [0.29, 0.717) is 5.56 Å². The molecule has 86 valence electrons. The van der Waals surface area contributed by atoms with Crippen molar-refractivity contribution in [2.45, 2.75) is 32.4 Å². The van der Waals surface area contributed by atoms with Crippen molar-refractivity contribution in [3.8, 4) is 0 Å². The molecule has 1 aromatic rings. The molecule has 0 aliphatic heterocycles. The molecule has 3 N–H and O–H groups in total. The molecule has 0 radical (unpaired) electrons. The third kappa shape index (κ3) is 1.83. The van der Waals surface area contributed by atoms with Crippen molar-refractivity contribution >= 4 is 5.91 Å². The van der Waals surface area contributed by atoms with E-state index in [1.165, 1.54) is 0 Å². The molecule has 2 rings (SSSR count). The van der Waals surface area contributed by atoms with Crippen molar-refractivity contribution in [1.82, 2.24) is 5.32 Å². The van der Waals surface area contributed by atoms with Gasteiger partial charge in [-0.05, 0) is 18.6 Å². The van der Waals surface area contributed by atoms with Gasteiger partial charge in [0, 0.05) is 23.1 Å². The van der Waals surface area contributed by atoms with Gasteiger partial charge in [-0.3, -0.25) is 4.79 Å². The Kier molecular flexibility index (Phi) is 2.72. The van der Waals surface area contributed by atoms with Crippen LogP contribution in [-0.4, -0.2) is 18.0 Å². The van der Waals surface area contributed by atoms with Gasteiger partial charge in [0.15, 0.2) is 0 Å². The molecule has 2 atom stereocenters. The first-order valence-corrected chi connectivity index (χ1v) is 5.63. The normalized spacial score (nSPS) is 26.9. The summed E-state index contributed by atoms with van der Waals surface area (Å²) in [5.74, 6) is -0.00873. The second-order valence-electron chi connectivity index (χ2n) is 5.06. The maximum Gasteiger partial charge on any atom is 0.251 e. The van der Waals surface area contributed by atoms with Crippen LogP contribution >= 0.6 is 0 Å². The van der Waals surface area contributed by atoms with Crippen LogP contribution in [0.3, 0.4) is 0 Å². The SMILES string of the molecule is CC1(C)C(N)CC1NC(=O)c1ccccc1. The lowest BCUT2D eigenvalue weighted by molar-refractivity contribution is 0.0586. The average molecular weight is 218 g/mol. The zero-order valence-electron chi connectivity index (χ0n) is 9.73. The quantitative estimate of drug-likeness (QED) is 0.791. The number of carbonyl (C=O) groups excluding carboxylic acids is 1. The Morgan fingerprint density at radius 3 is 2.50 bits per heavy atom. The molecule has 1 amide bonds. The molecule has 2 unspecified atom stereocenters. The molecule has 1 fully saturated rings. The van der Waals surface area contributed by atoms with Crippen molar-refractivity contribution in [3.05, 3.63) is 35.9 Å². The van der Waals surface area contributed by atoms with Gasteiger partial charge in [0.25, 0.3) is 5.91 Å². The smallest absolute Gasteiger partial charge is 0.251 e. The van der Waals surface area contributed by atoms with Gasteiger partial charge in [-0.2, -0.15) is 0 Å². The molecule has 16 heavy (non-hydrogen) atoms. The second-order valence-corrected chi connectivity index (χ2v) is 5.06. The van der Waals surface area contributed by atoms with Crippen molar-refractivity contribution in [2.75, 3.05) is 0 Å². The standard InChI is InChI=1S/C13H18N2O/c1-13(2)10(14)8-11(13)15-12(16)9-6-4-3-5-7-9/h3-7,10-11H,8,14H2,1-2H3,(H,15,16). The minimum Gasteiger partial charge on any atom is -0.349 e. The number of nitrogens with one attached hydrogen (secondary N) is 1. The Labute approximate surface area is 96.0 Å². The summed E-state index contributed by atoms with van der Waals surface area (Å²) in [6.45, 7) is 4.19. The summed E-state index contributed by atoms with van der Waals surface area (Å²) in [6.07, 6.45) is 0.867. The van der Waals surface area contributed by atoms with E-state index in [1.54, 1.807) is 0 Å². The fraction of sp³-hybridized carbons (Fsp3) is 0.462. The first kappa shape index (κ1) is 11.1. The van der Waals surface area contributed by atoms with Gasteiger partial charge >= 0.3 is 0 Å². The highest BCUT2D eigenvalue weighted by Crippen LogP contribution is 2.39. The van der Waals surface area contributed by atoms with E-state index in [9.17, 15) is 4.79 Å². The second kappa shape index (κ2) is 3.91.